The van der Waals surface area contributed by atoms with Gasteiger partial charge in [-0.15, -0.1) is 0 Å². The molecule has 5 nitrogen and oxygen atoms in total. The number of rotatable bonds is 5. The summed E-state index contributed by atoms with van der Waals surface area (Å²) in [6.07, 6.45) is -2.65. The third-order valence-corrected chi connectivity index (χ3v) is 3.94. The van der Waals surface area contributed by atoms with Crippen LogP contribution in [0.3, 0.4) is 0 Å². The Morgan fingerprint density at radius 2 is 2.00 bits per heavy atom. The number of hydrogen-bond donors (Lipinski definition) is 1. The summed E-state index contributed by atoms with van der Waals surface area (Å²) in [6, 6.07) is 3.73. The molecule has 0 heterocycles. The highest BCUT2D eigenvalue weighted by Crippen LogP contribution is 2.26. The standard InChI is InChI=1S/C10H14F2N2O3S/c1-14(2)18(15,16)7-3-4-8(13)9(5-7)17-6-10(11)12/h3-5,10H,6,13H2,1-2H3. The summed E-state index contributed by atoms with van der Waals surface area (Å²) in [5, 5.41) is 0. The molecule has 0 spiro atoms. The first-order valence-corrected chi connectivity index (χ1v) is 6.42. The molecular weight excluding hydrogens is 266 g/mol. The van der Waals surface area contributed by atoms with Gasteiger partial charge in [-0.2, -0.15) is 0 Å². The molecule has 18 heavy (non-hydrogen) atoms. The van der Waals surface area contributed by atoms with E-state index in [1.807, 2.05) is 0 Å². The van der Waals surface area contributed by atoms with Crippen LogP contribution in [0.2, 0.25) is 0 Å². The summed E-state index contributed by atoms with van der Waals surface area (Å²) in [4.78, 5) is -0.0639. The van der Waals surface area contributed by atoms with Crippen LogP contribution in [-0.2, 0) is 10.0 Å². The summed E-state index contributed by atoms with van der Waals surface area (Å²) in [6.45, 7) is -0.838. The molecule has 0 atom stereocenters. The number of ether oxygens (including phenoxy) is 1. The molecule has 0 saturated carbocycles. The monoisotopic (exact) mass is 280 g/mol. The van der Waals surface area contributed by atoms with Gasteiger partial charge in [0.2, 0.25) is 10.0 Å². The van der Waals surface area contributed by atoms with Gasteiger partial charge in [0.05, 0.1) is 10.6 Å². The molecular formula is C10H14F2N2O3S. The second kappa shape index (κ2) is 5.49. The van der Waals surface area contributed by atoms with Gasteiger partial charge in [-0.1, -0.05) is 0 Å². The quantitative estimate of drug-likeness (QED) is 0.822. The molecule has 0 aromatic heterocycles. The zero-order valence-corrected chi connectivity index (χ0v) is 10.7. The molecule has 1 rings (SSSR count). The summed E-state index contributed by atoms with van der Waals surface area (Å²) < 4.78 is 53.4. The van der Waals surface area contributed by atoms with Crippen molar-refractivity contribution in [3.8, 4) is 5.75 Å². The van der Waals surface area contributed by atoms with E-state index in [4.69, 9.17) is 10.5 Å². The number of alkyl halides is 2. The largest absolute Gasteiger partial charge is 0.485 e. The molecule has 0 aliphatic rings. The van der Waals surface area contributed by atoms with Crippen LogP contribution in [0.4, 0.5) is 14.5 Å². The second-order valence-electron chi connectivity index (χ2n) is 3.69. The maximum atomic E-state index is 12.0. The van der Waals surface area contributed by atoms with Crippen LogP contribution in [0.25, 0.3) is 0 Å². The minimum absolute atomic E-state index is 0.0639. The fraction of sp³-hybridized carbons (Fsp3) is 0.400. The first-order valence-electron chi connectivity index (χ1n) is 4.98. The van der Waals surface area contributed by atoms with E-state index < -0.39 is 23.1 Å². The number of hydrogen-bond acceptors (Lipinski definition) is 4. The van der Waals surface area contributed by atoms with Crippen LogP contribution in [0.1, 0.15) is 0 Å². The number of benzene rings is 1. The van der Waals surface area contributed by atoms with Gasteiger partial charge in [0.15, 0.2) is 0 Å². The van der Waals surface area contributed by atoms with E-state index in [9.17, 15) is 17.2 Å². The van der Waals surface area contributed by atoms with Crippen molar-refractivity contribution in [2.45, 2.75) is 11.3 Å². The first-order chi connectivity index (χ1) is 8.25. The van der Waals surface area contributed by atoms with Gasteiger partial charge in [0.1, 0.15) is 12.4 Å². The van der Waals surface area contributed by atoms with E-state index in [0.29, 0.717) is 0 Å². The lowest BCUT2D eigenvalue weighted by atomic mass is 10.3. The van der Waals surface area contributed by atoms with Gasteiger partial charge < -0.3 is 10.5 Å². The normalized spacial score (nSPS) is 12.1. The number of nitrogen functional groups attached to an aromatic ring is 1. The number of sulfonamides is 1. The van der Waals surface area contributed by atoms with Crippen molar-refractivity contribution >= 4 is 15.7 Å². The molecule has 8 heteroatoms. The SMILES string of the molecule is CN(C)S(=O)(=O)c1ccc(N)c(OCC(F)F)c1. The van der Waals surface area contributed by atoms with Gasteiger partial charge in [0.25, 0.3) is 6.43 Å². The van der Waals surface area contributed by atoms with Gasteiger partial charge in [-0.25, -0.2) is 21.5 Å². The highest BCUT2D eigenvalue weighted by Gasteiger charge is 2.19. The molecule has 0 aliphatic heterocycles. The Balaban J connectivity index is 3.08. The maximum Gasteiger partial charge on any atom is 0.272 e. The van der Waals surface area contributed by atoms with Crippen LogP contribution in [0.5, 0.6) is 5.75 Å². The molecule has 1 aromatic rings. The summed E-state index contributed by atoms with van der Waals surface area (Å²) >= 11 is 0. The minimum atomic E-state index is -3.64. The van der Waals surface area contributed by atoms with E-state index in [2.05, 4.69) is 0 Å². The van der Waals surface area contributed by atoms with E-state index in [1.54, 1.807) is 0 Å². The van der Waals surface area contributed by atoms with Crippen LogP contribution in [-0.4, -0.2) is 39.9 Å². The van der Waals surface area contributed by atoms with Crippen LogP contribution in [0.15, 0.2) is 23.1 Å². The summed E-state index contributed by atoms with van der Waals surface area (Å²) in [7, 11) is -0.912. The minimum Gasteiger partial charge on any atom is -0.485 e. The van der Waals surface area contributed by atoms with Crippen molar-refractivity contribution < 1.29 is 21.9 Å². The average molecular weight is 280 g/mol. The lowest BCUT2D eigenvalue weighted by molar-refractivity contribution is 0.0822. The molecule has 0 saturated heterocycles. The Morgan fingerprint density at radius 3 is 2.50 bits per heavy atom. The Hall–Kier alpha value is -1.41. The lowest BCUT2D eigenvalue weighted by Crippen LogP contribution is -2.22. The third kappa shape index (κ3) is 3.30. The predicted octanol–water partition coefficient (Wildman–Crippen LogP) is 1.16. The number of halogens is 2. The van der Waals surface area contributed by atoms with Crippen molar-refractivity contribution in [1.82, 2.24) is 4.31 Å². The highest BCUT2D eigenvalue weighted by molar-refractivity contribution is 7.89. The predicted molar refractivity (Wildman–Crippen MR) is 63.2 cm³/mol. The Labute approximate surface area is 104 Å². The average Bonchev–Trinajstić information content (AvgIpc) is 2.27. The van der Waals surface area contributed by atoms with E-state index in [0.717, 1.165) is 10.4 Å². The van der Waals surface area contributed by atoms with Crippen molar-refractivity contribution in [2.24, 2.45) is 0 Å². The van der Waals surface area contributed by atoms with Crippen LogP contribution >= 0.6 is 0 Å². The lowest BCUT2D eigenvalue weighted by Gasteiger charge is -2.14. The Bertz CT molecular complexity index is 518. The van der Waals surface area contributed by atoms with Gasteiger partial charge in [-0.05, 0) is 12.1 Å². The third-order valence-electron chi connectivity index (χ3n) is 2.13. The molecule has 0 aliphatic carbocycles. The second-order valence-corrected chi connectivity index (χ2v) is 5.84. The molecule has 0 radical (unpaired) electrons. The van der Waals surface area contributed by atoms with Crippen molar-refractivity contribution in [1.29, 1.82) is 0 Å². The highest BCUT2D eigenvalue weighted by atomic mass is 32.2. The molecule has 0 unspecified atom stereocenters. The van der Waals surface area contributed by atoms with Gasteiger partial charge in [0, 0.05) is 20.2 Å². The molecule has 2 N–H and O–H groups in total. The summed E-state index contributed by atoms with van der Waals surface area (Å²) in [5.41, 5.74) is 5.62. The maximum absolute atomic E-state index is 12.0. The van der Waals surface area contributed by atoms with E-state index in [1.165, 1.54) is 26.2 Å². The van der Waals surface area contributed by atoms with Crippen molar-refractivity contribution in [2.75, 3.05) is 26.4 Å². The topological polar surface area (TPSA) is 72.6 Å². The Morgan fingerprint density at radius 1 is 1.39 bits per heavy atom. The molecule has 0 fully saturated rings. The molecule has 0 amide bonds. The Kier molecular flexibility index (Phi) is 4.47. The number of nitrogens with zero attached hydrogens (tertiary/aromatic N) is 1. The van der Waals surface area contributed by atoms with Crippen LogP contribution < -0.4 is 10.5 Å². The van der Waals surface area contributed by atoms with Crippen molar-refractivity contribution in [3.63, 3.8) is 0 Å². The fourth-order valence-electron chi connectivity index (χ4n) is 1.16. The van der Waals surface area contributed by atoms with Gasteiger partial charge >= 0.3 is 0 Å². The smallest absolute Gasteiger partial charge is 0.272 e. The van der Waals surface area contributed by atoms with Crippen LogP contribution in [0, 0.1) is 0 Å². The number of nitrogens with two attached hydrogens (primary N) is 1. The number of anilines is 1. The molecule has 102 valence electrons. The van der Waals surface area contributed by atoms with Crippen molar-refractivity contribution in [3.05, 3.63) is 18.2 Å². The zero-order chi connectivity index (χ0) is 13.9. The van der Waals surface area contributed by atoms with Gasteiger partial charge in [-0.3, -0.25) is 0 Å². The molecule has 1 aromatic carbocycles. The summed E-state index contributed by atoms with van der Waals surface area (Å²) in [5.74, 6) is -0.0711. The zero-order valence-electron chi connectivity index (χ0n) is 9.93. The van der Waals surface area contributed by atoms with E-state index >= 15 is 0 Å². The first kappa shape index (κ1) is 14.7. The fourth-order valence-corrected chi connectivity index (χ4v) is 2.08. The van der Waals surface area contributed by atoms with E-state index in [-0.39, 0.29) is 16.3 Å². The molecule has 0 bridgehead atoms.